The summed E-state index contributed by atoms with van der Waals surface area (Å²) in [4.78, 5) is 34.7. The molecule has 0 spiro atoms. The first-order chi connectivity index (χ1) is 9.73. The molecule has 1 saturated heterocycles. The van der Waals surface area contributed by atoms with Gasteiger partial charge in [0.2, 0.25) is 11.8 Å². The van der Waals surface area contributed by atoms with E-state index in [9.17, 15) is 19.5 Å². The molecular weight excluding hydrogens is 272 g/mol. The van der Waals surface area contributed by atoms with E-state index in [2.05, 4.69) is 10.6 Å². The number of aliphatic carboxylic acids is 1. The van der Waals surface area contributed by atoms with Gasteiger partial charge in [0, 0.05) is 12.5 Å². The molecule has 0 aromatic carbocycles. The van der Waals surface area contributed by atoms with Gasteiger partial charge in [-0.05, 0) is 30.6 Å². The molecule has 21 heavy (non-hydrogen) atoms. The second-order valence-corrected chi connectivity index (χ2v) is 6.85. The maximum atomic E-state index is 12.2. The molecule has 2 rings (SSSR count). The first-order valence-electron chi connectivity index (χ1n) is 7.56. The largest absolute Gasteiger partial charge is 0.481 e. The highest BCUT2D eigenvalue weighted by Crippen LogP contribution is 2.45. The Labute approximate surface area is 124 Å². The van der Waals surface area contributed by atoms with Crippen molar-refractivity contribution >= 4 is 17.8 Å². The fraction of sp³-hybridized carbons (Fsp3) is 0.800. The highest BCUT2D eigenvalue weighted by atomic mass is 16.4. The van der Waals surface area contributed by atoms with Crippen molar-refractivity contribution in [2.24, 2.45) is 17.3 Å². The van der Waals surface area contributed by atoms with Crippen LogP contribution in [-0.2, 0) is 14.4 Å². The molecule has 6 nitrogen and oxygen atoms in total. The first kappa shape index (κ1) is 15.8. The molecule has 1 heterocycles. The Morgan fingerprint density at radius 3 is 2.48 bits per heavy atom. The summed E-state index contributed by atoms with van der Waals surface area (Å²) in [6.45, 7) is 5.89. The second-order valence-electron chi connectivity index (χ2n) is 6.85. The first-order valence-corrected chi connectivity index (χ1v) is 7.56. The highest BCUT2D eigenvalue weighted by Gasteiger charge is 2.47. The number of rotatable bonds is 3. The maximum absolute atomic E-state index is 12.2. The van der Waals surface area contributed by atoms with Crippen LogP contribution < -0.4 is 10.6 Å². The summed E-state index contributed by atoms with van der Waals surface area (Å²) in [5.74, 6) is -1.32. The second kappa shape index (κ2) is 5.66. The van der Waals surface area contributed by atoms with Gasteiger partial charge in [0.05, 0.1) is 5.92 Å². The van der Waals surface area contributed by atoms with Gasteiger partial charge in [-0.1, -0.05) is 20.8 Å². The minimum Gasteiger partial charge on any atom is -0.481 e. The number of carboxylic acids is 1. The molecule has 118 valence electrons. The predicted octanol–water partition coefficient (Wildman–Crippen LogP) is 0.907. The molecule has 3 N–H and O–H groups in total. The van der Waals surface area contributed by atoms with Crippen molar-refractivity contribution in [3.63, 3.8) is 0 Å². The Morgan fingerprint density at radius 1 is 1.29 bits per heavy atom. The average Bonchev–Trinajstić information content (AvgIpc) is 2.81. The third kappa shape index (κ3) is 3.04. The van der Waals surface area contributed by atoms with E-state index in [0.717, 1.165) is 0 Å². The van der Waals surface area contributed by atoms with Crippen LogP contribution in [0.4, 0.5) is 0 Å². The molecule has 0 radical (unpaired) electrons. The lowest BCUT2D eigenvalue weighted by atomic mass is 9.61. The van der Waals surface area contributed by atoms with Crippen LogP contribution in [0.25, 0.3) is 0 Å². The van der Waals surface area contributed by atoms with Crippen molar-refractivity contribution in [2.45, 2.75) is 58.5 Å². The molecule has 2 amide bonds. The Morgan fingerprint density at radius 2 is 1.95 bits per heavy atom. The van der Waals surface area contributed by atoms with Crippen LogP contribution in [-0.4, -0.2) is 35.0 Å². The average molecular weight is 296 g/mol. The molecule has 0 aromatic rings. The van der Waals surface area contributed by atoms with Gasteiger partial charge in [0.25, 0.3) is 0 Å². The molecule has 1 aliphatic carbocycles. The minimum atomic E-state index is -0.764. The lowest BCUT2D eigenvalue weighted by molar-refractivity contribution is -0.150. The van der Waals surface area contributed by atoms with E-state index in [0.29, 0.717) is 25.7 Å². The fourth-order valence-corrected chi connectivity index (χ4v) is 3.54. The lowest BCUT2D eigenvalue weighted by Crippen LogP contribution is -2.55. The summed E-state index contributed by atoms with van der Waals surface area (Å²) >= 11 is 0. The third-order valence-corrected chi connectivity index (χ3v) is 5.38. The van der Waals surface area contributed by atoms with Crippen molar-refractivity contribution in [1.82, 2.24) is 10.6 Å². The van der Waals surface area contributed by atoms with E-state index in [1.807, 2.05) is 20.8 Å². The number of hydrogen-bond acceptors (Lipinski definition) is 3. The maximum Gasteiger partial charge on any atom is 0.307 e. The van der Waals surface area contributed by atoms with Gasteiger partial charge in [0.15, 0.2) is 0 Å². The number of carbonyl (C=O) groups is 3. The summed E-state index contributed by atoms with van der Waals surface area (Å²) in [6.07, 6.45) is 2.15. The number of carboxylic acid groups (broad SMARTS) is 1. The molecule has 1 saturated carbocycles. The molecule has 4 atom stereocenters. The summed E-state index contributed by atoms with van der Waals surface area (Å²) in [5.41, 5.74) is -0.374. The molecular formula is C15H24N2O4. The zero-order chi connectivity index (χ0) is 15.8. The number of amides is 2. The summed E-state index contributed by atoms with van der Waals surface area (Å²) < 4.78 is 0. The van der Waals surface area contributed by atoms with Crippen LogP contribution in [0, 0.1) is 17.3 Å². The van der Waals surface area contributed by atoms with Crippen molar-refractivity contribution in [3.8, 4) is 0 Å². The van der Waals surface area contributed by atoms with Crippen LogP contribution in [0.2, 0.25) is 0 Å². The lowest BCUT2D eigenvalue weighted by Gasteiger charge is -2.46. The molecule has 2 aliphatic rings. The topological polar surface area (TPSA) is 95.5 Å². The summed E-state index contributed by atoms with van der Waals surface area (Å²) in [5, 5.41) is 15.0. The Bertz CT molecular complexity index is 461. The molecule has 0 bridgehead atoms. The zero-order valence-electron chi connectivity index (χ0n) is 12.8. The standard InChI is InChI=1S/C15H24N2O4/c1-8-10(5-4-9(14(20)21)15(8,2)3)17-13(19)11-6-7-12(18)16-11/h8-11H,4-7H2,1-3H3,(H,16,18)(H,17,19)(H,20,21). The third-order valence-electron chi connectivity index (χ3n) is 5.38. The van der Waals surface area contributed by atoms with E-state index in [4.69, 9.17) is 0 Å². The Balaban J connectivity index is 2.00. The SMILES string of the molecule is CC1C(NC(=O)C2CCC(=O)N2)CCC(C(=O)O)C1(C)C. The van der Waals surface area contributed by atoms with Crippen LogP contribution in [0.5, 0.6) is 0 Å². The molecule has 2 fully saturated rings. The molecule has 6 heteroatoms. The Kier molecular flexibility index (Phi) is 4.25. The van der Waals surface area contributed by atoms with Crippen molar-refractivity contribution in [3.05, 3.63) is 0 Å². The van der Waals surface area contributed by atoms with Gasteiger partial charge in [0.1, 0.15) is 6.04 Å². The zero-order valence-corrected chi connectivity index (χ0v) is 12.8. The number of nitrogens with one attached hydrogen (secondary N) is 2. The van der Waals surface area contributed by atoms with E-state index in [1.54, 1.807) is 0 Å². The smallest absolute Gasteiger partial charge is 0.307 e. The van der Waals surface area contributed by atoms with E-state index < -0.39 is 12.0 Å². The number of hydrogen-bond donors (Lipinski definition) is 3. The number of carbonyl (C=O) groups excluding carboxylic acids is 2. The van der Waals surface area contributed by atoms with Crippen LogP contribution in [0.1, 0.15) is 46.5 Å². The normalized spacial score (nSPS) is 35.1. The van der Waals surface area contributed by atoms with Gasteiger partial charge in [-0.15, -0.1) is 0 Å². The van der Waals surface area contributed by atoms with E-state index in [-0.39, 0.29) is 35.1 Å². The van der Waals surface area contributed by atoms with Gasteiger partial charge in [-0.25, -0.2) is 0 Å². The fourth-order valence-electron chi connectivity index (χ4n) is 3.54. The minimum absolute atomic E-state index is 0.0411. The summed E-state index contributed by atoms with van der Waals surface area (Å²) in [7, 11) is 0. The molecule has 4 unspecified atom stereocenters. The Hall–Kier alpha value is -1.59. The van der Waals surface area contributed by atoms with Crippen molar-refractivity contribution in [2.75, 3.05) is 0 Å². The summed E-state index contributed by atoms with van der Waals surface area (Å²) in [6, 6.07) is -0.481. The van der Waals surface area contributed by atoms with Crippen LogP contribution >= 0.6 is 0 Å². The highest BCUT2D eigenvalue weighted by molar-refractivity contribution is 5.90. The molecule has 0 aromatic heterocycles. The van der Waals surface area contributed by atoms with E-state index in [1.165, 1.54) is 0 Å². The van der Waals surface area contributed by atoms with E-state index >= 15 is 0 Å². The van der Waals surface area contributed by atoms with Gasteiger partial charge in [-0.2, -0.15) is 0 Å². The van der Waals surface area contributed by atoms with Crippen LogP contribution in [0.3, 0.4) is 0 Å². The van der Waals surface area contributed by atoms with Gasteiger partial charge < -0.3 is 15.7 Å². The van der Waals surface area contributed by atoms with Gasteiger partial charge >= 0.3 is 5.97 Å². The van der Waals surface area contributed by atoms with Crippen molar-refractivity contribution < 1.29 is 19.5 Å². The quantitative estimate of drug-likeness (QED) is 0.721. The predicted molar refractivity (Wildman–Crippen MR) is 76.4 cm³/mol. The monoisotopic (exact) mass is 296 g/mol. The van der Waals surface area contributed by atoms with Crippen LogP contribution in [0.15, 0.2) is 0 Å². The van der Waals surface area contributed by atoms with Crippen molar-refractivity contribution in [1.29, 1.82) is 0 Å². The van der Waals surface area contributed by atoms with Gasteiger partial charge in [-0.3, -0.25) is 14.4 Å². The molecule has 1 aliphatic heterocycles.